The van der Waals surface area contributed by atoms with Crippen LogP contribution in [0.2, 0.25) is 5.02 Å². The Kier molecular flexibility index (Phi) is 4.87. The molecule has 0 aliphatic carbocycles. The van der Waals surface area contributed by atoms with Crippen LogP contribution in [0.1, 0.15) is 0 Å². The summed E-state index contributed by atoms with van der Waals surface area (Å²) < 4.78 is 2.91. The average Bonchev–Trinajstić information content (AvgIpc) is 2.85. The number of aromatic nitrogens is 2. The van der Waals surface area contributed by atoms with E-state index in [1.807, 2.05) is 40.9 Å². The molecule has 93 valence electrons. The van der Waals surface area contributed by atoms with E-state index in [1.165, 1.54) is 0 Å². The summed E-state index contributed by atoms with van der Waals surface area (Å²) in [5.41, 5.74) is 11.0. The van der Waals surface area contributed by atoms with Crippen LogP contribution in [0.4, 0.5) is 5.69 Å². The van der Waals surface area contributed by atoms with Crippen LogP contribution in [0, 0.1) is 3.70 Å². The third kappa shape index (κ3) is 2.68. The molecule has 3 nitrogen and oxygen atoms in total. The number of imidazole rings is 1. The first-order valence-electron chi connectivity index (χ1n) is 5.30. The van der Waals surface area contributed by atoms with E-state index in [4.69, 9.17) is 17.3 Å². The van der Waals surface area contributed by atoms with Crippen LogP contribution in [0.15, 0.2) is 42.7 Å². The molecule has 0 aliphatic rings. The van der Waals surface area contributed by atoms with Crippen molar-refractivity contribution in [2.24, 2.45) is 0 Å². The SMILES string of the molecule is [NH-]c1cc(-c2ccccc2Cl)c(I)n2ccnc12.[Y]. The summed E-state index contributed by atoms with van der Waals surface area (Å²) in [6, 6.07) is 9.47. The van der Waals surface area contributed by atoms with E-state index in [1.54, 1.807) is 6.20 Å². The van der Waals surface area contributed by atoms with E-state index in [2.05, 4.69) is 27.6 Å². The van der Waals surface area contributed by atoms with Crippen molar-refractivity contribution in [1.82, 2.24) is 9.38 Å². The minimum atomic E-state index is 0. The fourth-order valence-corrected chi connectivity index (χ4v) is 3.00. The maximum atomic E-state index is 8.01. The molecule has 0 bridgehead atoms. The van der Waals surface area contributed by atoms with Crippen molar-refractivity contribution in [2.45, 2.75) is 0 Å². The Bertz CT molecular complexity index is 742. The molecule has 2 aromatic heterocycles. The van der Waals surface area contributed by atoms with Gasteiger partial charge >= 0.3 is 0 Å². The van der Waals surface area contributed by atoms with Crippen molar-refractivity contribution in [1.29, 1.82) is 0 Å². The topological polar surface area (TPSA) is 41.1 Å². The molecule has 1 N–H and O–H groups in total. The van der Waals surface area contributed by atoms with Gasteiger partial charge in [-0.15, -0.1) is 0 Å². The van der Waals surface area contributed by atoms with Crippen molar-refractivity contribution in [3.63, 3.8) is 0 Å². The van der Waals surface area contributed by atoms with Crippen LogP contribution in [-0.4, -0.2) is 9.38 Å². The van der Waals surface area contributed by atoms with Crippen LogP contribution >= 0.6 is 34.2 Å². The van der Waals surface area contributed by atoms with Gasteiger partial charge in [0, 0.05) is 61.3 Å². The quantitative estimate of drug-likeness (QED) is 0.377. The van der Waals surface area contributed by atoms with Gasteiger partial charge in [0.25, 0.3) is 0 Å². The first kappa shape index (κ1) is 15.2. The third-order valence-electron chi connectivity index (χ3n) is 2.77. The monoisotopic (exact) mass is 457 g/mol. The zero-order valence-corrected chi connectivity index (χ0v) is 15.5. The van der Waals surface area contributed by atoms with Gasteiger partial charge in [-0.05, 0) is 28.7 Å². The molecule has 0 unspecified atom stereocenters. The number of benzene rings is 1. The number of hydrogen-bond acceptors (Lipinski definition) is 1. The molecule has 0 amide bonds. The molecule has 2 heterocycles. The molecule has 0 atom stereocenters. The summed E-state index contributed by atoms with van der Waals surface area (Å²) in [6.45, 7) is 0. The normalized spacial score (nSPS) is 10.4. The molecule has 0 saturated heterocycles. The zero-order chi connectivity index (χ0) is 12.7. The van der Waals surface area contributed by atoms with E-state index >= 15 is 0 Å². The van der Waals surface area contributed by atoms with Crippen molar-refractivity contribution in [3.05, 3.63) is 57.2 Å². The molecule has 6 heteroatoms. The minimum absolute atomic E-state index is 0. The van der Waals surface area contributed by atoms with Gasteiger partial charge in [0.2, 0.25) is 0 Å². The van der Waals surface area contributed by atoms with E-state index < -0.39 is 0 Å². The standard InChI is InChI=1S/C13H8ClIN3.Y/c14-10-4-2-1-3-8(10)9-7-11(16)13-17-5-6-18(13)12(9)15;/h1-7,16H;/q-1;. The van der Waals surface area contributed by atoms with Gasteiger partial charge in [0.15, 0.2) is 0 Å². The van der Waals surface area contributed by atoms with Gasteiger partial charge < -0.3 is 5.73 Å². The van der Waals surface area contributed by atoms with E-state index in [0.717, 1.165) is 14.8 Å². The first-order valence-corrected chi connectivity index (χ1v) is 6.76. The minimum Gasteiger partial charge on any atom is -0.696 e. The molecule has 1 aromatic carbocycles. The third-order valence-corrected chi connectivity index (χ3v) is 4.20. The number of hydrogen-bond donors (Lipinski definition) is 0. The largest absolute Gasteiger partial charge is 0.696 e. The zero-order valence-electron chi connectivity index (χ0n) is 9.77. The fourth-order valence-electron chi connectivity index (χ4n) is 1.93. The second kappa shape index (κ2) is 6.08. The Labute approximate surface area is 154 Å². The Balaban J connectivity index is 0.00000133. The number of nitrogens with zero attached hydrogens (tertiary/aromatic N) is 2. The van der Waals surface area contributed by atoms with Crippen molar-refractivity contribution >= 4 is 45.5 Å². The van der Waals surface area contributed by atoms with Crippen LogP contribution in [0.25, 0.3) is 22.5 Å². The second-order valence-electron chi connectivity index (χ2n) is 3.86. The number of halogens is 2. The van der Waals surface area contributed by atoms with E-state index in [0.29, 0.717) is 16.4 Å². The van der Waals surface area contributed by atoms with Crippen molar-refractivity contribution in [2.75, 3.05) is 0 Å². The summed E-state index contributed by atoms with van der Waals surface area (Å²) in [7, 11) is 0. The summed E-state index contributed by atoms with van der Waals surface area (Å²) in [4.78, 5) is 4.17. The molecule has 19 heavy (non-hydrogen) atoms. The van der Waals surface area contributed by atoms with Gasteiger partial charge in [0.1, 0.15) is 5.65 Å². The summed E-state index contributed by atoms with van der Waals surface area (Å²) in [6.07, 6.45) is 3.56. The molecule has 3 aromatic rings. The maximum absolute atomic E-state index is 8.01. The fraction of sp³-hybridized carbons (Fsp3) is 0. The van der Waals surface area contributed by atoms with Crippen molar-refractivity contribution in [3.8, 4) is 11.1 Å². The average molecular weight is 457 g/mol. The smallest absolute Gasteiger partial charge is 0.122 e. The van der Waals surface area contributed by atoms with E-state index in [9.17, 15) is 0 Å². The van der Waals surface area contributed by atoms with Gasteiger partial charge in [-0.3, -0.25) is 4.40 Å². The predicted octanol–water partition coefficient (Wildman–Crippen LogP) is 4.94. The summed E-state index contributed by atoms with van der Waals surface area (Å²) in [5.74, 6) is 0. The van der Waals surface area contributed by atoms with Crippen molar-refractivity contribution < 1.29 is 32.7 Å². The Morgan fingerprint density at radius 2 is 1.95 bits per heavy atom. The number of fused-ring (bicyclic) bond motifs is 1. The number of rotatable bonds is 1. The van der Waals surface area contributed by atoms with Crippen LogP contribution in [0.5, 0.6) is 0 Å². The molecule has 0 fully saturated rings. The van der Waals surface area contributed by atoms with E-state index in [-0.39, 0.29) is 32.7 Å². The second-order valence-corrected chi connectivity index (χ2v) is 5.29. The Morgan fingerprint density at radius 3 is 2.68 bits per heavy atom. The molecule has 3 rings (SSSR count). The molecule has 0 spiro atoms. The maximum Gasteiger partial charge on any atom is 0.122 e. The Morgan fingerprint density at radius 1 is 1.21 bits per heavy atom. The molecule has 0 saturated carbocycles. The number of pyridine rings is 1. The van der Waals surface area contributed by atoms with Crippen LogP contribution in [0.3, 0.4) is 0 Å². The Hall–Kier alpha value is -0.166. The van der Waals surface area contributed by atoms with Gasteiger partial charge in [-0.25, -0.2) is 4.98 Å². The number of nitrogens with one attached hydrogen (secondary N) is 1. The van der Waals surface area contributed by atoms with Crippen LogP contribution < -0.4 is 0 Å². The summed E-state index contributed by atoms with van der Waals surface area (Å²) >= 11 is 8.47. The van der Waals surface area contributed by atoms with Gasteiger partial charge in [-0.2, -0.15) is 0 Å². The molecule has 0 aliphatic heterocycles. The molecular formula is C13H8ClIN3Y-. The van der Waals surface area contributed by atoms with Gasteiger partial charge in [0.05, 0.1) is 3.70 Å². The predicted molar refractivity (Wildman–Crippen MR) is 82.3 cm³/mol. The summed E-state index contributed by atoms with van der Waals surface area (Å²) in [5, 5.41) is 0.689. The van der Waals surface area contributed by atoms with Crippen LogP contribution in [-0.2, 0) is 32.7 Å². The first-order chi connectivity index (χ1) is 8.68. The molecule has 1 radical (unpaired) electrons. The molecular weight excluding hydrogens is 449 g/mol. The van der Waals surface area contributed by atoms with Gasteiger partial charge in [-0.1, -0.05) is 41.6 Å².